The van der Waals surface area contributed by atoms with Crippen LogP contribution in [0, 0.1) is 11.3 Å². The predicted octanol–water partition coefficient (Wildman–Crippen LogP) is 2.19. The Balaban J connectivity index is 2.16. The van der Waals surface area contributed by atoms with Crippen LogP contribution < -0.4 is 5.32 Å². The Hall–Kier alpha value is -2.81. The number of ether oxygens (including phenoxy) is 1. The van der Waals surface area contributed by atoms with Crippen LogP contribution in [0.15, 0.2) is 34.7 Å². The number of carbonyl (C=O) groups excluding carboxylic acids is 1. The van der Waals surface area contributed by atoms with E-state index in [1.807, 2.05) is 36.4 Å². The molecule has 6 nitrogen and oxygen atoms in total. The molecule has 0 unspecified atom stereocenters. The van der Waals surface area contributed by atoms with Crippen molar-refractivity contribution in [1.29, 1.82) is 5.26 Å². The number of nitriles is 1. The number of anilines is 1. The van der Waals surface area contributed by atoms with E-state index in [0.29, 0.717) is 12.5 Å². The lowest BCUT2D eigenvalue weighted by Crippen LogP contribution is -2.16. The number of nitrogens with zero attached hydrogens (tertiary/aromatic N) is 2. The first-order valence-corrected chi connectivity index (χ1v) is 6.10. The van der Waals surface area contributed by atoms with Gasteiger partial charge in [0.2, 0.25) is 17.5 Å². The van der Waals surface area contributed by atoms with Crippen molar-refractivity contribution in [1.82, 2.24) is 4.98 Å². The minimum Gasteiger partial charge on any atom is -0.465 e. The molecule has 0 radical (unpaired) electrons. The Labute approximate surface area is 116 Å². The third kappa shape index (κ3) is 3.14. The number of hydrogen-bond donors (Lipinski definition) is 1. The first-order chi connectivity index (χ1) is 9.74. The molecule has 2 aromatic rings. The maximum Gasteiger partial charge on any atom is 0.325 e. The Morgan fingerprint density at radius 1 is 1.45 bits per heavy atom. The Morgan fingerprint density at radius 3 is 2.85 bits per heavy atom. The fourth-order valence-electron chi connectivity index (χ4n) is 1.58. The van der Waals surface area contributed by atoms with Crippen LogP contribution in [0.4, 0.5) is 5.88 Å². The Morgan fingerprint density at radius 2 is 2.20 bits per heavy atom. The van der Waals surface area contributed by atoms with Gasteiger partial charge in [-0.25, -0.2) is 0 Å². The lowest BCUT2D eigenvalue weighted by molar-refractivity contribution is -0.140. The fraction of sp³-hybridized carbons (Fsp3) is 0.214. The van der Waals surface area contributed by atoms with Gasteiger partial charge >= 0.3 is 5.97 Å². The van der Waals surface area contributed by atoms with E-state index in [1.165, 1.54) is 0 Å². The van der Waals surface area contributed by atoms with Crippen molar-refractivity contribution in [3.8, 4) is 17.5 Å². The zero-order valence-electron chi connectivity index (χ0n) is 10.9. The van der Waals surface area contributed by atoms with E-state index in [-0.39, 0.29) is 18.1 Å². The van der Waals surface area contributed by atoms with Crippen molar-refractivity contribution in [2.45, 2.75) is 6.92 Å². The molecule has 0 atom stereocenters. The van der Waals surface area contributed by atoms with Crippen LogP contribution in [-0.2, 0) is 9.53 Å². The summed E-state index contributed by atoms with van der Waals surface area (Å²) in [5.74, 6) is 0.0713. The van der Waals surface area contributed by atoms with Gasteiger partial charge in [0.25, 0.3) is 0 Å². The van der Waals surface area contributed by atoms with Crippen LogP contribution in [0.3, 0.4) is 0 Å². The lowest BCUT2D eigenvalue weighted by Gasteiger charge is -2.02. The molecule has 1 N–H and O–H groups in total. The van der Waals surface area contributed by atoms with E-state index in [4.69, 9.17) is 14.4 Å². The average Bonchev–Trinajstić information content (AvgIpc) is 2.90. The lowest BCUT2D eigenvalue weighted by atomic mass is 10.2. The summed E-state index contributed by atoms with van der Waals surface area (Å²) in [6.07, 6.45) is 0. The highest BCUT2D eigenvalue weighted by atomic mass is 16.5. The standard InChI is InChI=1S/C14H13N3O3/c1-2-19-12(18)9-16-14-11(8-15)17-13(20-14)10-6-4-3-5-7-10/h3-7,16H,2,9H2,1H3. The van der Waals surface area contributed by atoms with E-state index in [9.17, 15) is 4.79 Å². The summed E-state index contributed by atoms with van der Waals surface area (Å²) in [7, 11) is 0. The largest absolute Gasteiger partial charge is 0.465 e. The number of nitrogens with one attached hydrogen (secondary N) is 1. The second-order valence-electron chi connectivity index (χ2n) is 3.83. The molecule has 0 aliphatic heterocycles. The van der Waals surface area contributed by atoms with Crippen LogP contribution in [0.25, 0.3) is 11.5 Å². The van der Waals surface area contributed by atoms with Crippen molar-refractivity contribution in [2.24, 2.45) is 0 Å². The maximum atomic E-state index is 11.3. The molecule has 0 saturated heterocycles. The number of rotatable bonds is 5. The van der Waals surface area contributed by atoms with E-state index in [1.54, 1.807) is 6.92 Å². The van der Waals surface area contributed by atoms with Gasteiger partial charge in [0.1, 0.15) is 12.6 Å². The van der Waals surface area contributed by atoms with Crippen molar-refractivity contribution in [2.75, 3.05) is 18.5 Å². The van der Waals surface area contributed by atoms with Crippen LogP contribution in [0.5, 0.6) is 0 Å². The molecule has 102 valence electrons. The summed E-state index contributed by atoms with van der Waals surface area (Å²) in [5, 5.41) is 11.7. The highest BCUT2D eigenvalue weighted by Crippen LogP contribution is 2.24. The van der Waals surface area contributed by atoms with Crippen molar-refractivity contribution < 1.29 is 13.9 Å². The van der Waals surface area contributed by atoms with Gasteiger partial charge in [-0.15, -0.1) is 0 Å². The van der Waals surface area contributed by atoms with Crippen LogP contribution in [0.2, 0.25) is 0 Å². The molecule has 0 amide bonds. The van der Waals surface area contributed by atoms with Gasteiger partial charge in [-0.05, 0) is 19.1 Å². The molecular weight excluding hydrogens is 258 g/mol. The zero-order valence-corrected chi connectivity index (χ0v) is 10.9. The molecule has 1 aromatic heterocycles. The quantitative estimate of drug-likeness (QED) is 0.838. The number of benzene rings is 1. The first-order valence-electron chi connectivity index (χ1n) is 6.10. The fourth-order valence-corrected chi connectivity index (χ4v) is 1.58. The van der Waals surface area contributed by atoms with Crippen molar-refractivity contribution >= 4 is 11.9 Å². The van der Waals surface area contributed by atoms with Crippen LogP contribution >= 0.6 is 0 Å². The minimum absolute atomic E-state index is 0.0774. The third-order valence-electron chi connectivity index (χ3n) is 2.45. The summed E-state index contributed by atoms with van der Waals surface area (Å²) in [5.41, 5.74) is 0.862. The van der Waals surface area contributed by atoms with E-state index < -0.39 is 5.97 Å². The molecule has 0 bridgehead atoms. The highest BCUT2D eigenvalue weighted by Gasteiger charge is 2.15. The van der Waals surface area contributed by atoms with Gasteiger partial charge in [-0.1, -0.05) is 18.2 Å². The molecule has 1 heterocycles. The van der Waals surface area contributed by atoms with E-state index >= 15 is 0 Å². The number of oxazole rings is 1. The smallest absolute Gasteiger partial charge is 0.325 e. The summed E-state index contributed by atoms with van der Waals surface area (Å²) in [4.78, 5) is 15.3. The second kappa shape index (κ2) is 6.38. The van der Waals surface area contributed by atoms with Crippen molar-refractivity contribution in [3.63, 3.8) is 0 Å². The number of esters is 1. The second-order valence-corrected chi connectivity index (χ2v) is 3.83. The molecule has 2 rings (SSSR count). The summed E-state index contributed by atoms with van der Waals surface area (Å²) >= 11 is 0. The Bertz CT molecular complexity index is 629. The molecule has 0 saturated carbocycles. The average molecular weight is 271 g/mol. The first kappa shape index (κ1) is 13.6. The molecule has 1 aromatic carbocycles. The summed E-state index contributed by atoms with van der Waals surface area (Å²) in [6, 6.07) is 11.1. The van der Waals surface area contributed by atoms with Crippen LogP contribution in [0.1, 0.15) is 12.6 Å². The van der Waals surface area contributed by atoms with Gasteiger partial charge in [0.15, 0.2) is 0 Å². The van der Waals surface area contributed by atoms with E-state index in [2.05, 4.69) is 10.3 Å². The Kier molecular flexibility index (Phi) is 4.35. The summed E-state index contributed by atoms with van der Waals surface area (Å²) in [6.45, 7) is 1.95. The van der Waals surface area contributed by atoms with Gasteiger partial charge in [-0.2, -0.15) is 10.2 Å². The molecule has 0 aliphatic carbocycles. The number of carbonyl (C=O) groups is 1. The molecule has 0 aliphatic rings. The topological polar surface area (TPSA) is 88.2 Å². The van der Waals surface area contributed by atoms with E-state index in [0.717, 1.165) is 5.56 Å². The molecule has 0 spiro atoms. The van der Waals surface area contributed by atoms with Gasteiger partial charge in [0, 0.05) is 5.56 Å². The number of hydrogen-bond acceptors (Lipinski definition) is 6. The van der Waals surface area contributed by atoms with Gasteiger partial charge < -0.3 is 14.5 Å². The highest BCUT2D eigenvalue weighted by molar-refractivity contribution is 5.75. The molecular formula is C14H13N3O3. The van der Waals surface area contributed by atoms with Gasteiger partial charge in [0.05, 0.1) is 6.61 Å². The predicted molar refractivity (Wildman–Crippen MR) is 71.8 cm³/mol. The normalized spacial score (nSPS) is 9.80. The molecule has 6 heteroatoms. The zero-order chi connectivity index (χ0) is 14.4. The van der Waals surface area contributed by atoms with Crippen LogP contribution in [-0.4, -0.2) is 24.1 Å². The van der Waals surface area contributed by atoms with Gasteiger partial charge in [-0.3, -0.25) is 4.79 Å². The number of aromatic nitrogens is 1. The molecule has 0 fully saturated rings. The minimum atomic E-state index is -0.422. The maximum absolute atomic E-state index is 11.3. The monoisotopic (exact) mass is 271 g/mol. The molecule has 20 heavy (non-hydrogen) atoms. The third-order valence-corrected chi connectivity index (χ3v) is 2.45. The SMILES string of the molecule is CCOC(=O)CNc1oc(-c2ccccc2)nc1C#N. The summed E-state index contributed by atoms with van der Waals surface area (Å²) < 4.78 is 10.2. The van der Waals surface area contributed by atoms with Crippen molar-refractivity contribution in [3.05, 3.63) is 36.0 Å².